The molecule has 120 valence electrons. The molecule has 2 N–H and O–H groups in total. The first-order valence-electron chi connectivity index (χ1n) is 5.28. The minimum Gasteiger partial charge on any atom is -0.550 e. The van der Waals surface area contributed by atoms with E-state index in [1.807, 2.05) is 6.92 Å². The van der Waals surface area contributed by atoms with E-state index in [2.05, 4.69) is 0 Å². The molecular formula is C11H20CoNO7. The average Bonchev–Trinajstić information content (AvgIpc) is 2.11. The molecule has 0 heterocycles. The fourth-order valence-corrected chi connectivity index (χ4v) is 0.351. The standard InChI is InChI=1S/C5H11NO.3C2H4O2.Co/c1-2-3-4-5(6)7;3*1-2(3)4;/h2-4H2,1H3,(H2,6,7);3*1H3,(H,3,4);/q;;;;+3/p-3. The summed E-state index contributed by atoms with van der Waals surface area (Å²) in [6.07, 6.45) is 2.51. The Morgan fingerprint density at radius 1 is 0.850 bits per heavy atom. The minimum absolute atomic E-state index is 0. The Labute approximate surface area is 128 Å². The quantitative estimate of drug-likeness (QED) is 0.570. The van der Waals surface area contributed by atoms with Crippen molar-refractivity contribution in [1.29, 1.82) is 0 Å². The number of rotatable bonds is 3. The van der Waals surface area contributed by atoms with Gasteiger partial charge in [0.15, 0.2) is 0 Å². The van der Waals surface area contributed by atoms with Gasteiger partial charge in [-0.1, -0.05) is 13.3 Å². The number of carboxylic acids is 3. The van der Waals surface area contributed by atoms with E-state index < -0.39 is 17.9 Å². The fraction of sp³-hybridized carbons (Fsp3) is 0.636. The number of amides is 1. The van der Waals surface area contributed by atoms with E-state index in [9.17, 15) is 4.79 Å². The molecular weight excluding hydrogens is 317 g/mol. The summed E-state index contributed by atoms with van der Waals surface area (Å²) in [7, 11) is 0. The molecule has 0 aliphatic carbocycles. The van der Waals surface area contributed by atoms with E-state index in [1.54, 1.807) is 0 Å². The number of hydrogen-bond acceptors (Lipinski definition) is 7. The van der Waals surface area contributed by atoms with E-state index in [0.717, 1.165) is 33.6 Å². The van der Waals surface area contributed by atoms with E-state index in [0.29, 0.717) is 6.42 Å². The number of hydrogen-bond donors (Lipinski definition) is 1. The maximum absolute atomic E-state index is 9.98. The summed E-state index contributed by atoms with van der Waals surface area (Å²) in [5, 5.41) is 26.7. The van der Waals surface area contributed by atoms with E-state index in [1.165, 1.54) is 0 Å². The van der Waals surface area contributed by atoms with Crippen molar-refractivity contribution >= 4 is 23.8 Å². The summed E-state index contributed by atoms with van der Waals surface area (Å²) in [6, 6.07) is 0. The van der Waals surface area contributed by atoms with E-state index in [-0.39, 0.29) is 22.7 Å². The molecule has 0 spiro atoms. The van der Waals surface area contributed by atoms with Crippen molar-refractivity contribution in [3.05, 3.63) is 0 Å². The Morgan fingerprint density at radius 3 is 1.10 bits per heavy atom. The van der Waals surface area contributed by atoms with Gasteiger partial charge in [-0.2, -0.15) is 0 Å². The number of carboxylic acid groups (broad SMARTS) is 3. The molecule has 0 rings (SSSR count). The predicted octanol–water partition coefficient (Wildman–Crippen LogP) is -3.07. The van der Waals surface area contributed by atoms with Crippen molar-refractivity contribution < 1.29 is 51.3 Å². The van der Waals surface area contributed by atoms with Crippen LogP contribution in [0.1, 0.15) is 47.0 Å². The molecule has 9 heteroatoms. The molecule has 0 unspecified atom stereocenters. The van der Waals surface area contributed by atoms with Crippen LogP contribution in [0.25, 0.3) is 0 Å². The van der Waals surface area contributed by atoms with Gasteiger partial charge in [-0.3, -0.25) is 4.79 Å². The zero-order valence-electron chi connectivity index (χ0n) is 11.9. The summed E-state index contributed by atoms with van der Waals surface area (Å²) in [5.41, 5.74) is 4.84. The topological polar surface area (TPSA) is 163 Å². The van der Waals surface area contributed by atoms with Crippen LogP contribution >= 0.6 is 0 Å². The molecule has 0 bridgehead atoms. The zero-order valence-corrected chi connectivity index (χ0v) is 12.9. The summed E-state index contributed by atoms with van der Waals surface area (Å²) >= 11 is 0. The number of carbonyl (C=O) groups is 4. The number of carbonyl (C=O) groups excluding carboxylic acids is 4. The predicted molar refractivity (Wildman–Crippen MR) is 60.8 cm³/mol. The zero-order chi connectivity index (χ0) is 16.4. The summed E-state index contributed by atoms with van der Waals surface area (Å²) in [6.45, 7) is 4.95. The van der Waals surface area contributed by atoms with Gasteiger partial charge in [0.25, 0.3) is 0 Å². The molecule has 0 saturated carbocycles. The Bertz CT molecular complexity index is 229. The first-order valence-corrected chi connectivity index (χ1v) is 5.28. The molecule has 0 radical (unpaired) electrons. The van der Waals surface area contributed by atoms with Gasteiger partial charge in [-0.05, 0) is 27.2 Å². The Kier molecular flexibility index (Phi) is 40.4. The second-order valence-corrected chi connectivity index (χ2v) is 3.04. The molecule has 0 saturated heterocycles. The molecule has 8 nitrogen and oxygen atoms in total. The van der Waals surface area contributed by atoms with Gasteiger partial charge in [-0.25, -0.2) is 0 Å². The first-order chi connectivity index (χ1) is 8.47. The third-order valence-corrected chi connectivity index (χ3v) is 0.777. The van der Waals surface area contributed by atoms with Crippen molar-refractivity contribution in [2.75, 3.05) is 0 Å². The summed E-state index contributed by atoms with van der Waals surface area (Å²) < 4.78 is 0. The maximum Gasteiger partial charge on any atom is 3.00 e. The molecule has 0 aromatic carbocycles. The van der Waals surface area contributed by atoms with Crippen LogP contribution in [0.4, 0.5) is 0 Å². The van der Waals surface area contributed by atoms with Gasteiger partial charge in [-0.15, -0.1) is 0 Å². The largest absolute Gasteiger partial charge is 3.00 e. The van der Waals surface area contributed by atoms with Crippen LogP contribution in [0.3, 0.4) is 0 Å². The van der Waals surface area contributed by atoms with Crippen LogP contribution in [-0.2, 0) is 36.0 Å². The van der Waals surface area contributed by atoms with Gasteiger partial charge < -0.3 is 35.4 Å². The number of primary amides is 1. The Balaban J connectivity index is -0.0000000512. The van der Waals surface area contributed by atoms with Gasteiger partial charge in [0.2, 0.25) is 5.91 Å². The van der Waals surface area contributed by atoms with Crippen LogP contribution in [-0.4, -0.2) is 23.8 Å². The number of unbranched alkanes of at least 4 members (excludes halogenated alkanes) is 1. The van der Waals surface area contributed by atoms with Crippen molar-refractivity contribution in [3.8, 4) is 0 Å². The van der Waals surface area contributed by atoms with Crippen molar-refractivity contribution in [3.63, 3.8) is 0 Å². The van der Waals surface area contributed by atoms with Crippen LogP contribution in [0.15, 0.2) is 0 Å². The molecule has 1 amide bonds. The minimum atomic E-state index is -1.08. The van der Waals surface area contributed by atoms with Gasteiger partial charge in [0, 0.05) is 24.3 Å². The van der Waals surface area contributed by atoms with E-state index >= 15 is 0 Å². The third kappa shape index (κ3) is 681. The monoisotopic (exact) mass is 337 g/mol. The molecule has 0 aliphatic heterocycles. The first kappa shape index (κ1) is 31.0. The molecule has 0 aliphatic rings. The molecule has 0 aromatic rings. The Hall–Kier alpha value is -1.61. The second-order valence-electron chi connectivity index (χ2n) is 3.04. The van der Waals surface area contributed by atoms with Crippen molar-refractivity contribution in [2.45, 2.75) is 47.0 Å². The number of aliphatic carboxylic acids is 3. The van der Waals surface area contributed by atoms with Gasteiger partial charge in [0.05, 0.1) is 0 Å². The van der Waals surface area contributed by atoms with Gasteiger partial charge in [0.1, 0.15) is 0 Å². The third-order valence-electron chi connectivity index (χ3n) is 0.777. The molecule has 20 heavy (non-hydrogen) atoms. The smallest absolute Gasteiger partial charge is 0.550 e. The van der Waals surface area contributed by atoms with Gasteiger partial charge >= 0.3 is 16.8 Å². The van der Waals surface area contributed by atoms with Crippen LogP contribution in [0.2, 0.25) is 0 Å². The van der Waals surface area contributed by atoms with E-state index in [4.69, 9.17) is 35.4 Å². The van der Waals surface area contributed by atoms with Crippen LogP contribution in [0, 0.1) is 0 Å². The van der Waals surface area contributed by atoms with Crippen LogP contribution < -0.4 is 21.1 Å². The SMILES string of the molecule is CC(=O)[O-].CC(=O)[O-].CC(=O)[O-].CCCCC(N)=O.[Co+3]. The fourth-order valence-electron chi connectivity index (χ4n) is 0.351. The molecule has 0 fully saturated rings. The van der Waals surface area contributed by atoms with Crippen molar-refractivity contribution in [1.82, 2.24) is 0 Å². The van der Waals surface area contributed by atoms with Crippen molar-refractivity contribution in [2.24, 2.45) is 5.73 Å². The summed E-state index contributed by atoms with van der Waals surface area (Å²) in [5.74, 6) is -3.44. The second kappa shape index (κ2) is 26.1. The summed E-state index contributed by atoms with van der Waals surface area (Å²) in [4.78, 5) is 36.6. The molecule has 0 aromatic heterocycles. The molecule has 0 atom stereocenters. The average molecular weight is 337 g/mol. The number of nitrogens with two attached hydrogens (primary N) is 1. The maximum atomic E-state index is 9.98. The normalized spacial score (nSPS) is 6.80. The Morgan fingerprint density at radius 2 is 1.05 bits per heavy atom. The van der Waals surface area contributed by atoms with Crippen LogP contribution in [0.5, 0.6) is 0 Å².